The Kier molecular flexibility index (Phi) is 8.14. The van der Waals surface area contributed by atoms with Gasteiger partial charge in [0.25, 0.3) is 0 Å². The van der Waals surface area contributed by atoms with E-state index >= 15 is 0 Å². The number of thiophene rings is 1. The van der Waals surface area contributed by atoms with Gasteiger partial charge in [-0.05, 0) is 106 Å². The van der Waals surface area contributed by atoms with Crippen molar-refractivity contribution in [1.82, 2.24) is 9.80 Å². The fraction of sp³-hybridized carbons (Fsp3) is 0.364. The van der Waals surface area contributed by atoms with Gasteiger partial charge in [0.05, 0.1) is 7.11 Å². The monoisotopic (exact) mass is 558 g/mol. The summed E-state index contributed by atoms with van der Waals surface area (Å²) in [6.07, 6.45) is 4.98. The lowest BCUT2D eigenvalue weighted by molar-refractivity contribution is 0.104. The normalized spacial score (nSPS) is 16.1. The van der Waals surface area contributed by atoms with Crippen molar-refractivity contribution < 1.29 is 18.7 Å². The number of methoxy groups -OCH3 is 1. The number of fused-ring (bicyclic) bond motifs is 1. The summed E-state index contributed by atoms with van der Waals surface area (Å²) in [6, 6.07) is 18.3. The second kappa shape index (κ2) is 12.1. The van der Waals surface area contributed by atoms with Crippen molar-refractivity contribution in [3.63, 3.8) is 0 Å². The average Bonchev–Trinajstić information content (AvgIpc) is 3.75. The van der Waals surface area contributed by atoms with Crippen LogP contribution in [0.5, 0.6) is 11.5 Å². The third-order valence-corrected chi connectivity index (χ3v) is 9.21. The molecule has 4 aromatic rings. The van der Waals surface area contributed by atoms with E-state index in [0.717, 1.165) is 76.9 Å². The first-order chi connectivity index (χ1) is 19.6. The molecule has 6 rings (SSSR count). The van der Waals surface area contributed by atoms with Crippen LogP contribution in [0.15, 0.2) is 60.7 Å². The highest BCUT2D eigenvalue weighted by atomic mass is 32.1. The molecule has 2 fully saturated rings. The van der Waals surface area contributed by atoms with Crippen molar-refractivity contribution in [2.24, 2.45) is 0 Å². The zero-order chi connectivity index (χ0) is 27.5. The second-order valence-electron chi connectivity index (χ2n) is 10.7. The van der Waals surface area contributed by atoms with Crippen molar-refractivity contribution in [3.8, 4) is 21.9 Å². The Bertz CT molecular complexity index is 1490. The highest BCUT2D eigenvalue weighted by Crippen LogP contribution is 2.41. The number of likely N-dealkylation sites (tertiary alicyclic amines) is 2. The Balaban J connectivity index is 1.28. The SMILES string of the molecule is COc1cc(C(=O)c2c(-c3ccc(OCCN4CCCC4)cc3)sc3cc(F)ccc23)ccc1CN1CCCC1. The number of halogens is 1. The lowest BCUT2D eigenvalue weighted by atomic mass is 9.96. The van der Waals surface area contributed by atoms with Gasteiger partial charge in [-0.1, -0.05) is 12.1 Å². The summed E-state index contributed by atoms with van der Waals surface area (Å²) in [7, 11) is 1.65. The number of hydrogen-bond donors (Lipinski definition) is 0. The fourth-order valence-electron chi connectivity index (χ4n) is 5.84. The van der Waals surface area contributed by atoms with Gasteiger partial charge in [0.1, 0.15) is 23.9 Å². The number of benzene rings is 3. The third-order valence-electron chi connectivity index (χ3n) is 8.01. The summed E-state index contributed by atoms with van der Waals surface area (Å²) >= 11 is 1.44. The van der Waals surface area contributed by atoms with Crippen LogP contribution in [0.2, 0.25) is 0 Å². The maximum absolute atomic E-state index is 14.2. The maximum atomic E-state index is 14.2. The molecule has 0 radical (unpaired) electrons. The van der Waals surface area contributed by atoms with Gasteiger partial charge in [-0.15, -0.1) is 11.3 Å². The van der Waals surface area contributed by atoms with Crippen molar-refractivity contribution in [3.05, 3.63) is 83.2 Å². The first-order valence-electron chi connectivity index (χ1n) is 14.2. The molecule has 40 heavy (non-hydrogen) atoms. The molecule has 2 saturated heterocycles. The molecule has 2 aliphatic heterocycles. The summed E-state index contributed by atoms with van der Waals surface area (Å²) in [5, 5.41) is 0.762. The molecule has 0 amide bonds. The molecule has 208 valence electrons. The molecule has 0 atom stereocenters. The van der Waals surface area contributed by atoms with E-state index in [-0.39, 0.29) is 11.6 Å². The van der Waals surface area contributed by atoms with Gasteiger partial charge >= 0.3 is 0 Å². The van der Waals surface area contributed by atoms with E-state index in [0.29, 0.717) is 17.7 Å². The van der Waals surface area contributed by atoms with Crippen LogP contribution in [0.25, 0.3) is 20.5 Å². The molecule has 0 N–H and O–H groups in total. The average molecular weight is 559 g/mol. The molecule has 7 heteroatoms. The minimum Gasteiger partial charge on any atom is -0.496 e. The quantitative estimate of drug-likeness (QED) is 0.196. The highest BCUT2D eigenvalue weighted by Gasteiger charge is 2.23. The topological polar surface area (TPSA) is 42.0 Å². The fourth-order valence-corrected chi connectivity index (χ4v) is 7.07. The molecule has 0 bridgehead atoms. The highest BCUT2D eigenvalue weighted by molar-refractivity contribution is 7.22. The minimum atomic E-state index is -0.311. The zero-order valence-corrected chi connectivity index (χ0v) is 23.8. The van der Waals surface area contributed by atoms with Gasteiger partial charge in [0.2, 0.25) is 0 Å². The molecular weight excluding hydrogens is 523 g/mol. The maximum Gasteiger partial charge on any atom is 0.195 e. The number of ketones is 1. The van der Waals surface area contributed by atoms with E-state index in [1.54, 1.807) is 13.2 Å². The minimum absolute atomic E-state index is 0.0928. The van der Waals surface area contributed by atoms with Crippen LogP contribution in [0.3, 0.4) is 0 Å². The summed E-state index contributed by atoms with van der Waals surface area (Å²) in [4.78, 5) is 19.7. The van der Waals surface area contributed by atoms with Crippen LogP contribution in [-0.2, 0) is 6.54 Å². The molecule has 2 aliphatic rings. The lowest BCUT2D eigenvalue weighted by Crippen LogP contribution is -2.25. The Morgan fingerprint density at radius 2 is 1.62 bits per heavy atom. The van der Waals surface area contributed by atoms with Crippen LogP contribution in [0, 0.1) is 5.82 Å². The van der Waals surface area contributed by atoms with Gasteiger partial charge < -0.3 is 9.47 Å². The van der Waals surface area contributed by atoms with Crippen LogP contribution in [-0.4, -0.2) is 62.0 Å². The number of rotatable bonds is 10. The second-order valence-corrected chi connectivity index (χ2v) is 11.8. The molecule has 3 heterocycles. The standard InChI is InChI=1S/C33H35FN2O3S/c1-38-29-20-24(6-7-25(29)22-36-16-4-5-17-36)32(37)31-28-13-10-26(34)21-30(28)40-33(31)23-8-11-27(12-9-23)39-19-18-35-14-2-3-15-35/h6-13,20-21H,2-5,14-19,22H2,1H3. The van der Waals surface area contributed by atoms with E-state index in [2.05, 4.69) is 9.80 Å². The van der Waals surface area contributed by atoms with Crippen molar-refractivity contribution in [2.75, 3.05) is 46.4 Å². The molecule has 0 unspecified atom stereocenters. The molecule has 1 aromatic heterocycles. The van der Waals surface area contributed by atoms with Crippen molar-refractivity contribution >= 4 is 27.2 Å². The van der Waals surface area contributed by atoms with Crippen LogP contribution in [0.4, 0.5) is 4.39 Å². The number of carbonyl (C=O) groups excluding carboxylic acids is 1. The van der Waals surface area contributed by atoms with Crippen LogP contribution >= 0.6 is 11.3 Å². The summed E-state index contributed by atoms with van der Waals surface area (Å²) in [5.41, 5.74) is 3.15. The van der Waals surface area contributed by atoms with E-state index in [1.165, 1.54) is 49.2 Å². The van der Waals surface area contributed by atoms with Crippen molar-refractivity contribution in [1.29, 1.82) is 0 Å². The number of hydrogen-bond acceptors (Lipinski definition) is 6. The van der Waals surface area contributed by atoms with E-state index in [4.69, 9.17) is 9.47 Å². The number of nitrogens with zero attached hydrogens (tertiary/aromatic N) is 2. The van der Waals surface area contributed by atoms with Crippen molar-refractivity contribution in [2.45, 2.75) is 32.2 Å². The Labute approximate surface area is 239 Å². The Morgan fingerprint density at radius 1 is 0.900 bits per heavy atom. The number of ether oxygens (including phenoxy) is 2. The predicted octanol–water partition coefficient (Wildman–Crippen LogP) is 7.02. The summed E-state index contributed by atoms with van der Waals surface area (Å²) in [5.74, 6) is 1.13. The van der Waals surface area contributed by atoms with Gasteiger partial charge in [0.15, 0.2) is 5.78 Å². The molecular formula is C33H35FN2O3S. The summed E-state index contributed by atoms with van der Waals surface area (Å²) in [6.45, 7) is 6.89. The van der Waals surface area contributed by atoms with E-state index in [1.807, 2.05) is 42.5 Å². The van der Waals surface area contributed by atoms with Gasteiger partial charge in [0, 0.05) is 44.7 Å². The smallest absolute Gasteiger partial charge is 0.195 e. The van der Waals surface area contributed by atoms with E-state index in [9.17, 15) is 9.18 Å². The third kappa shape index (κ3) is 5.78. The first-order valence-corrected chi connectivity index (χ1v) is 15.0. The molecule has 0 saturated carbocycles. The van der Waals surface area contributed by atoms with Gasteiger partial charge in [-0.25, -0.2) is 4.39 Å². The largest absolute Gasteiger partial charge is 0.496 e. The first kappa shape index (κ1) is 26.9. The molecule has 0 aliphatic carbocycles. The van der Waals surface area contributed by atoms with Crippen LogP contribution < -0.4 is 9.47 Å². The van der Waals surface area contributed by atoms with Gasteiger partial charge in [-0.2, -0.15) is 0 Å². The van der Waals surface area contributed by atoms with Gasteiger partial charge in [-0.3, -0.25) is 14.6 Å². The lowest BCUT2D eigenvalue weighted by Gasteiger charge is -2.17. The molecule has 0 spiro atoms. The molecule has 3 aromatic carbocycles. The Morgan fingerprint density at radius 3 is 2.35 bits per heavy atom. The molecule has 5 nitrogen and oxygen atoms in total. The predicted molar refractivity (Wildman–Crippen MR) is 159 cm³/mol. The summed E-state index contributed by atoms with van der Waals surface area (Å²) < 4.78 is 26.6. The van der Waals surface area contributed by atoms with E-state index < -0.39 is 0 Å². The Hall–Kier alpha value is -3.26. The van der Waals surface area contributed by atoms with Crippen LogP contribution in [0.1, 0.15) is 47.2 Å². The zero-order valence-electron chi connectivity index (χ0n) is 23.0. The number of carbonyl (C=O) groups is 1.